The molecule has 0 fully saturated rings. The average molecular weight is 404 g/mol. The minimum atomic E-state index is -0.903. The van der Waals surface area contributed by atoms with Crippen LogP contribution in [0.4, 0.5) is 0 Å². The first kappa shape index (κ1) is 30.9. The second-order valence-corrected chi connectivity index (χ2v) is 7.13. The van der Waals surface area contributed by atoms with Gasteiger partial charge >= 0.3 is 21.7 Å². The molecule has 3 nitrogen and oxygen atoms in total. The van der Waals surface area contributed by atoms with Crippen molar-refractivity contribution in [2.75, 3.05) is 6.61 Å². The number of hydrogen-bond donors (Lipinski definition) is 0. The fraction of sp³-hybridized carbons (Fsp3) is 0.955. The van der Waals surface area contributed by atoms with Gasteiger partial charge in [0.2, 0.25) is 0 Å². The molecule has 0 aromatic carbocycles. The van der Waals surface area contributed by atoms with Crippen LogP contribution in [0.15, 0.2) is 0 Å². The molecule has 4 heteroatoms. The number of unbranched alkanes of at least 4 members (excludes halogenated alkanes) is 15. The molecular formula is C22H44O3Ti. The summed E-state index contributed by atoms with van der Waals surface area (Å²) in [5, 5.41) is 19.8. The molecule has 0 unspecified atom stereocenters. The molecule has 0 N–H and O–H groups in total. The number of carbonyl (C=O) groups is 1. The van der Waals surface area contributed by atoms with Crippen molar-refractivity contribution in [3.63, 3.8) is 0 Å². The Hall–Kier alpha value is 0.144. The predicted molar refractivity (Wildman–Crippen MR) is 104 cm³/mol. The van der Waals surface area contributed by atoms with E-state index in [-0.39, 0.29) is 34.7 Å². The number of carboxylic acids is 1. The summed E-state index contributed by atoms with van der Waals surface area (Å²) >= 11 is 0. The Morgan fingerprint density at radius 1 is 0.577 bits per heavy atom. The number of carboxylic acid groups (broad SMARTS) is 1. The molecule has 0 saturated heterocycles. The largest absolute Gasteiger partial charge is 2.00 e. The third-order valence-electron chi connectivity index (χ3n) is 4.48. The molecule has 0 spiro atoms. The summed E-state index contributed by atoms with van der Waals surface area (Å²) in [4.78, 5) is 10.2. The van der Waals surface area contributed by atoms with Crippen LogP contribution in [0.5, 0.6) is 0 Å². The Morgan fingerprint density at radius 2 is 0.885 bits per heavy atom. The molecule has 0 heterocycles. The van der Waals surface area contributed by atoms with Crippen molar-refractivity contribution in [1.82, 2.24) is 0 Å². The van der Waals surface area contributed by atoms with E-state index < -0.39 is 5.97 Å². The monoisotopic (exact) mass is 404 g/mol. The summed E-state index contributed by atoms with van der Waals surface area (Å²) in [7, 11) is 0. The average Bonchev–Trinajstić information content (AvgIpc) is 2.59. The number of carbonyl (C=O) groups excluding carboxylic acids is 1. The summed E-state index contributed by atoms with van der Waals surface area (Å²) in [5.74, 6) is -0.903. The molecule has 0 amide bonds. The van der Waals surface area contributed by atoms with E-state index in [4.69, 9.17) is 0 Å². The molecule has 0 bridgehead atoms. The fourth-order valence-corrected chi connectivity index (χ4v) is 2.78. The molecule has 0 radical (unpaired) electrons. The molecule has 0 aliphatic heterocycles. The molecule has 26 heavy (non-hydrogen) atoms. The molecule has 0 aromatic rings. The maximum atomic E-state index is 10.2. The Morgan fingerprint density at radius 3 is 1.12 bits per heavy atom. The van der Waals surface area contributed by atoms with Crippen molar-refractivity contribution in [1.29, 1.82) is 0 Å². The van der Waals surface area contributed by atoms with Crippen molar-refractivity contribution < 1.29 is 36.7 Å². The van der Waals surface area contributed by atoms with Crippen LogP contribution in [0.3, 0.4) is 0 Å². The smallest absolute Gasteiger partial charge is 0.854 e. The van der Waals surface area contributed by atoms with Gasteiger partial charge in [-0.3, -0.25) is 0 Å². The molecule has 154 valence electrons. The second-order valence-electron chi connectivity index (χ2n) is 7.13. The molecular weight excluding hydrogens is 360 g/mol. The Kier molecular flexibility index (Phi) is 35.5. The van der Waals surface area contributed by atoms with E-state index in [1.165, 1.54) is 83.5 Å². The van der Waals surface area contributed by atoms with E-state index in [2.05, 4.69) is 6.92 Å². The van der Waals surface area contributed by atoms with E-state index >= 15 is 0 Å². The summed E-state index contributed by atoms with van der Waals surface area (Å²) in [5.41, 5.74) is 0. The second kappa shape index (κ2) is 29.9. The quantitative estimate of drug-likeness (QED) is 0.235. The molecule has 0 aliphatic carbocycles. The minimum Gasteiger partial charge on any atom is -0.854 e. The van der Waals surface area contributed by atoms with Crippen molar-refractivity contribution in [3.05, 3.63) is 0 Å². The Balaban J connectivity index is -0.000000772. The minimum absolute atomic E-state index is 0. The number of hydrogen-bond acceptors (Lipinski definition) is 3. The van der Waals surface area contributed by atoms with Crippen LogP contribution in [-0.4, -0.2) is 12.6 Å². The summed E-state index contributed by atoms with van der Waals surface area (Å²) < 4.78 is 0. The van der Waals surface area contributed by atoms with E-state index in [0.29, 0.717) is 0 Å². The number of aliphatic carboxylic acids is 1. The molecule has 0 saturated carbocycles. The van der Waals surface area contributed by atoms with Crippen LogP contribution < -0.4 is 10.2 Å². The van der Waals surface area contributed by atoms with Gasteiger partial charge in [-0.1, -0.05) is 117 Å². The first-order chi connectivity index (χ1) is 12.2. The van der Waals surface area contributed by atoms with Gasteiger partial charge in [-0.15, -0.1) is 6.61 Å². The van der Waals surface area contributed by atoms with Gasteiger partial charge in [0.05, 0.1) is 0 Å². The number of rotatable bonds is 18. The SMILES string of the molecule is CCCCCCCCCCCCCCCCCC(=O)[O-].CCCC[O-].[Ti+2]. The fourth-order valence-electron chi connectivity index (χ4n) is 2.78. The molecule has 0 atom stereocenters. The van der Waals surface area contributed by atoms with Crippen LogP contribution >= 0.6 is 0 Å². The Labute approximate surface area is 178 Å². The zero-order valence-electron chi connectivity index (χ0n) is 17.7. The van der Waals surface area contributed by atoms with Crippen molar-refractivity contribution in [3.8, 4) is 0 Å². The van der Waals surface area contributed by atoms with Crippen LogP contribution in [0, 0.1) is 0 Å². The van der Waals surface area contributed by atoms with Gasteiger partial charge in [0, 0.05) is 5.97 Å². The first-order valence-corrected chi connectivity index (χ1v) is 11.0. The van der Waals surface area contributed by atoms with Gasteiger partial charge in [0.25, 0.3) is 0 Å². The van der Waals surface area contributed by atoms with Crippen LogP contribution in [0.1, 0.15) is 129 Å². The Bertz CT molecular complexity index is 246. The van der Waals surface area contributed by atoms with Crippen LogP contribution in [0.25, 0.3) is 0 Å². The van der Waals surface area contributed by atoms with Crippen LogP contribution in [-0.2, 0) is 26.5 Å². The summed E-state index contributed by atoms with van der Waals surface area (Å²) in [6, 6.07) is 0. The van der Waals surface area contributed by atoms with Gasteiger partial charge in [-0.25, -0.2) is 0 Å². The van der Waals surface area contributed by atoms with E-state index in [0.717, 1.165) is 25.7 Å². The zero-order chi connectivity index (χ0) is 19.0. The zero-order valence-corrected chi connectivity index (χ0v) is 19.2. The van der Waals surface area contributed by atoms with Crippen molar-refractivity contribution >= 4 is 5.97 Å². The van der Waals surface area contributed by atoms with Gasteiger partial charge in [0.15, 0.2) is 0 Å². The van der Waals surface area contributed by atoms with Crippen molar-refractivity contribution in [2.24, 2.45) is 0 Å². The summed E-state index contributed by atoms with van der Waals surface area (Å²) in [6.45, 7) is 4.37. The van der Waals surface area contributed by atoms with Crippen molar-refractivity contribution in [2.45, 2.75) is 129 Å². The molecule has 0 aliphatic rings. The molecule has 0 rings (SSSR count). The molecule has 0 aromatic heterocycles. The summed E-state index contributed by atoms with van der Waals surface area (Å²) in [6.07, 6.45) is 21.7. The normalized spacial score (nSPS) is 9.96. The van der Waals surface area contributed by atoms with E-state index in [9.17, 15) is 15.0 Å². The maximum absolute atomic E-state index is 10.2. The topological polar surface area (TPSA) is 63.2 Å². The van der Waals surface area contributed by atoms with Gasteiger partial charge < -0.3 is 15.0 Å². The van der Waals surface area contributed by atoms with Gasteiger partial charge in [-0.05, 0) is 12.8 Å². The van der Waals surface area contributed by atoms with Gasteiger partial charge in [0.1, 0.15) is 0 Å². The van der Waals surface area contributed by atoms with Crippen LogP contribution in [0.2, 0.25) is 0 Å². The third kappa shape index (κ3) is 35.3. The van der Waals surface area contributed by atoms with Gasteiger partial charge in [-0.2, -0.15) is 0 Å². The standard InChI is InChI=1S/C18H36O2.C4H9O.Ti/c1-2-3-4-5-6-7-8-9-10-11-12-13-14-15-16-17-18(19)20;1-2-3-4-5;/h2-17H2,1H3,(H,19,20);2-4H2,1H3;/q;-1;+2/p-1. The third-order valence-corrected chi connectivity index (χ3v) is 4.48. The first-order valence-electron chi connectivity index (χ1n) is 11.0. The predicted octanol–water partition coefficient (Wildman–Crippen LogP) is 5.14. The maximum Gasteiger partial charge on any atom is 2.00 e. The van der Waals surface area contributed by atoms with E-state index in [1.807, 2.05) is 6.92 Å². The van der Waals surface area contributed by atoms with E-state index in [1.54, 1.807) is 0 Å².